The number of nitrogens with one attached hydrogen (secondary N) is 2. The molecule has 0 amide bonds. The summed E-state index contributed by atoms with van der Waals surface area (Å²) in [5.41, 5.74) is 0. The van der Waals surface area contributed by atoms with Crippen LogP contribution in [0.3, 0.4) is 0 Å². The minimum absolute atomic E-state index is 0.651. The highest BCUT2D eigenvalue weighted by molar-refractivity contribution is 7.99. The Balaban J connectivity index is 2.04. The van der Waals surface area contributed by atoms with Crippen LogP contribution < -0.4 is 10.6 Å². The van der Waals surface area contributed by atoms with E-state index in [1.165, 1.54) is 44.4 Å². The number of hydrogen-bond acceptors (Lipinski definition) is 3. The standard InChI is InChI=1S/C14H30N2S/c1-12(2)17-10-9-15-13(3)11-14-7-5-4-6-8-16-14/h12-16H,4-11H2,1-3H3. The van der Waals surface area contributed by atoms with Crippen molar-refractivity contribution in [1.82, 2.24) is 10.6 Å². The molecule has 2 N–H and O–H groups in total. The van der Waals surface area contributed by atoms with E-state index in [1.54, 1.807) is 0 Å². The quantitative estimate of drug-likeness (QED) is 0.686. The first-order valence-electron chi connectivity index (χ1n) is 7.27. The second-order valence-corrected chi connectivity index (χ2v) is 7.20. The van der Waals surface area contributed by atoms with E-state index in [2.05, 4.69) is 31.4 Å². The Morgan fingerprint density at radius 3 is 2.82 bits per heavy atom. The molecule has 2 atom stereocenters. The van der Waals surface area contributed by atoms with Crippen molar-refractivity contribution in [2.45, 2.75) is 70.2 Å². The van der Waals surface area contributed by atoms with Crippen LogP contribution in [-0.2, 0) is 0 Å². The summed E-state index contributed by atoms with van der Waals surface area (Å²) in [5, 5.41) is 8.08. The van der Waals surface area contributed by atoms with Crippen LogP contribution in [0.2, 0.25) is 0 Å². The van der Waals surface area contributed by atoms with Crippen molar-refractivity contribution in [1.29, 1.82) is 0 Å². The normalized spacial score (nSPS) is 23.6. The van der Waals surface area contributed by atoms with E-state index < -0.39 is 0 Å². The van der Waals surface area contributed by atoms with Gasteiger partial charge in [0, 0.05) is 24.4 Å². The minimum atomic E-state index is 0.651. The van der Waals surface area contributed by atoms with Gasteiger partial charge >= 0.3 is 0 Å². The molecule has 0 bridgehead atoms. The summed E-state index contributed by atoms with van der Waals surface area (Å²) < 4.78 is 0. The summed E-state index contributed by atoms with van der Waals surface area (Å²) in [5.74, 6) is 1.24. The molecule has 102 valence electrons. The number of rotatable bonds is 7. The minimum Gasteiger partial charge on any atom is -0.314 e. The Morgan fingerprint density at radius 1 is 1.24 bits per heavy atom. The number of hydrogen-bond donors (Lipinski definition) is 2. The molecule has 0 aliphatic carbocycles. The van der Waals surface area contributed by atoms with Gasteiger partial charge in [-0.2, -0.15) is 11.8 Å². The predicted molar refractivity (Wildman–Crippen MR) is 79.9 cm³/mol. The summed E-state index contributed by atoms with van der Waals surface area (Å²) in [6, 6.07) is 1.40. The van der Waals surface area contributed by atoms with Crippen LogP contribution in [0.4, 0.5) is 0 Å². The van der Waals surface area contributed by atoms with Gasteiger partial charge in [-0.15, -0.1) is 0 Å². The topological polar surface area (TPSA) is 24.1 Å². The summed E-state index contributed by atoms with van der Waals surface area (Å²) in [6.45, 7) is 9.23. The fourth-order valence-electron chi connectivity index (χ4n) is 2.41. The Hall–Kier alpha value is 0.270. The van der Waals surface area contributed by atoms with E-state index in [0.29, 0.717) is 6.04 Å². The second kappa shape index (κ2) is 9.23. The van der Waals surface area contributed by atoms with Crippen molar-refractivity contribution in [3.63, 3.8) is 0 Å². The van der Waals surface area contributed by atoms with Crippen LogP contribution in [0, 0.1) is 0 Å². The Bertz CT molecular complexity index is 177. The lowest BCUT2D eigenvalue weighted by atomic mass is 10.0. The molecule has 3 heteroatoms. The molecule has 2 nitrogen and oxygen atoms in total. The first-order chi connectivity index (χ1) is 8.18. The Morgan fingerprint density at radius 2 is 2.06 bits per heavy atom. The fraction of sp³-hybridized carbons (Fsp3) is 1.00. The van der Waals surface area contributed by atoms with Gasteiger partial charge in [0.15, 0.2) is 0 Å². The molecule has 0 aromatic heterocycles. The van der Waals surface area contributed by atoms with Crippen LogP contribution in [0.15, 0.2) is 0 Å². The highest BCUT2D eigenvalue weighted by Crippen LogP contribution is 2.13. The Kier molecular flexibility index (Phi) is 8.33. The summed E-state index contributed by atoms with van der Waals surface area (Å²) in [7, 11) is 0. The van der Waals surface area contributed by atoms with Gasteiger partial charge in [0.05, 0.1) is 0 Å². The first-order valence-corrected chi connectivity index (χ1v) is 8.31. The molecule has 1 fully saturated rings. The zero-order valence-corrected chi connectivity index (χ0v) is 12.6. The van der Waals surface area contributed by atoms with Crippen molar-refractivity contribution >= 4 is 11.8 Å². The first kappa shape index (κ1) is 15.3. The Labute approximate surface area is 112 Å². The van der Waals surface area contributed by atoms with E-state index in [4.69, 9.17) is 0 Å². The third-order valence-corrected chi connectivity index (χ3v) is 4.45. The second-order valence-electron chi connectivity index (χ2n) is 5.51. The van der Waals surface area contributed by atoms with Crippen LogP contribution >= 0.6 is 11.8 Å². The maximum absolute atomic E-state index is 3.68. The monoisotopic (exact) mass is 258 g/mol. The average Bonchev–Trinajstić information content (AvgIpc) is 2.53. The van der Waals surface area contributed by atoms with E-state index in [1.807, 2.05) is 11.8 Å². The summed E-state index contributed by atoms with van der Waals surface area (Å²) in [6.07, 6.45) is 6.84. The van der Waals surface area contributed by atoms with Gasteiger partial charge in [-0.1, -0.05) is 26.7 Å². The van der Waals surface area contributed by atoms with Crippen molar-refractivity contribution in [3.05, 3.63) is 0 Å². The average molecular weight is 258 g/mol. The molecule has 1 saturated heterocycles. The molecule has 1 heterocycles. The fourth-order valence-corrected chi connectivity index (χ4v) is 3.12. The summed E-state index contributed by atoms with van der Waals surface area (Å²) >= 11 is 2.04. The van der Waals surface area contributed by atoms with Crippen molar-refractivity contribution in [3.8, 4) is 0 Å². The lowest BCUT2D eigenvalue weighted by Gasteiger charge is -2.21. The van der Waals surface area contributed by atoms with E-state index >= 15 is 0 Å². The third kappa shape index (κ3) is 8.06. The van der Waals surface area contributed by atoms with E-state index in [-0.39, 0.29) is 0 Å². The largest absolute Gasteiger partial charge is 0.314 e. The lowest BCUT2D eigenvalue weighted by molar-refractivity contribution is 0.409. The molecule has 0 spiro atoms. The van der Waals surface area contributed by atoms with E-state index in [0.717, 1.165) is 17.8 Å². The van der Waals surface area contributed by atoms with Crippen LogP contribution in [0.25, 0.3) is 0 Å². The van der Waals surface area contributed by atoms with Gasteiger partial charge in [-0.25, -0.2) is 0 Å². The van der Waals surface area contributed by atoms with Gasteiger partial charge in [0.1, 0.15) is 0 Å². The predicted octanol–water partition coefficient (Wildman–Crippen LogP) is 3.03. The van der Waals surface area contributed by atoms with Crippen LogP contribution in [0.5, 0.6) is 0 Å². The third-order valence-electron chi connectivity index (χ3n) is 3.35. The highest BCUT2D eigenvalue weighted by atomic mass is 32.2. The molecule has 1 aliphatic heterocycles. The van der Waals surface area contributed by atoms with E-state index in [9.17, 15) is 0 Å². The van der Waals surface area contributed by atoms with Crippen molar-refractivity contribution in [2.24, 2.45) is 0 Å². The van der Waals surface area contributed by atoms with Gasteiger partial charge in [-0.3, -0.25) is 0 Å². The molecule has 0 saturated carbocycles. The van der Waals surface area contributed by atoms with Crippen molar-refractivity contribution < 1.29 is 0 Å². The molecule has 0 aromatic rings. The smallest absolute Gasteiger partial charge is 0.00817 e. The molecule has 0 aromatic carbocycles. The zero-order chi connectivity index (χ0) is 12.5. The van der Waals surface area contributed by atoms with Crippen molar-refractivity contribution in [2.75, 3.05) is 18.8 Å². The molecule has 0 radical (unpaired) electrons. The lowest BCUT2D eigenvalue weighted by Crippen LogP contribution is -2.37. The van der Waals surface area contributed by atoms with Crippen LogP contribution in [-0.4, -0.2) is 36.2 Å². The highest BCUT2D eigenvalue weighted by Gasteiger charge is 2.14. The molecule has 2 unspecified atom stereocenters. The van der Waals surface area contributed by atoms with Gasteiger partial charge in [0.2, 0.25) is 0 Å². The van der Waals surface area contributed by atoms with Gasteiger partial charge in [0.25, 0.3) is 0 Å². The molecular formula is C14H30N2S. The molecular weight excluding hydrogens is 228 g/mol. The van der Waals surface area contributed by atoms with Gasteiger partial charge < -0.3 is 10.6 Å². The molecule has 1 rings (SSSR count). The maximum atomic E-state index is 3.68. The van der Waals surface area contributed by atoms with Crippen LogP contribution in [0.1, 0.15) is 52.9 Å². The van der Waals surface area contributed by atoms with Gasteiger partial charge in [-0.05, 0) is 38.0 Å². The zero-order valence-electron chi connectivity index (χ0n) is 11.8. The summed E-state index contributed by atoms with van der Waals surface area (Å²) in [4.78, 5) is 0. The number of thioether (sulfide) groups is 1. The molecule has 1 aliphatic rings. The molecule has 17 heavy (non-hydrogen) atoms. The SMILES string of the molecule is CC(CC1CCCCCN1)NCCSC(C)C. The maximum Gasteiger partial charge on any atom is 0.00817 e.